The summed E-state index contributed by atoms with van der Waals surface area (Å²) in [7, 11) is 0. The topological polar surface area (TPSA) is 66.8 Å². The van der Waals surface area contributed by atoms with Crippen LogP contribution in [0.15, 0.2) is 47.1 Å². The van der Waals surface area contributed by atoms with Crippen LogP contribution in [0.25, 0.3) is 0 Å². The molecule has 0 bridgehead atoms. The molecule has 0 aromatic carbocycles. The lowest BCUT2D eigenvalue weighted by Gasteiger charge is -2.42. The molecule has 3 rings (SSSR count). The third-order valence-electron chi connectivity index (χ3n) is 7.63. The number of ether oxygens (including phenoxy) is 1. The molecule has 190 valence electrons. The van der Waals surface area contributed by atoms with Gasteiger partial charge in [0.25, 0.3) is 0 Å². The number of hydrogen-bond donors (Lipinski definition) is 2. The molecule has 0 saturated heterocycles. The van der Waals surface area contributed by atoms with Gasteiger partial charge in [0.1, 0.15) is 5.60 Å². The molecule has 4 nitrogen and oxygen atoms in total. The number of carbonyl (C=O) groups is 1. The first-order chi connectivity index (χ1) is 15.9. The number of esters is 1. The molecule has 2 N–H and O–H groups in total. The summed E-state index contributed by atoms with van der Waals surface area (Å²) in [6, 6.07) is 0. The smallest absolute Gasteiger partial charge is 0.306 e. The molecule has 5 heteroatoms. The van der Waals surface area contributed by atoms with Crippen molar-refractivity contribution in [3.8, 4) is 0 Å². The minimum atomic E-state index is -0.641. The van der Waals surface area contributed by atoms with Crippen LogP contribution in [0, 0.1) is 11.3 Å². The van der Waals surface area contributed by atoms with Gasteiger partial charge in [-0.25, -0.2) is 0 Å². The molecule has 0 heterocycles. The quantitative estimate of drug-likeness (QED) is 0.250. The molecule has 5 atom stereocenters. The van der Waals surface area contributed by atoms with Crippen molar-refractivity contribution in [3.63, 3.8) is 0 Å². The van der Waals surface area contributed by atoms with Crippen molar-refractivity contribution < 1.29 is 19.7 Å². The van der Waals surface area contributed by atoms with Gasteiger partial charge >= 0.3 is 5.97 Å². The lowest BCUT2D eigenvalue weighted by Crippen LogP contribution is -2.33. The fourth-order valence-corrected chi connectivity index (χ4v) is 7.12. The van der Waals surface area contributed by atoms with Gasteiger partial charge in [-0.15, -0.1) is 0 Å². The number of hydrogen-bond acceptors (Lipinski definition) is 5. The van der Waals surface area contributed by atoms with Gasteiger partial charge in [0, 0.05) is 18.1 Å². The number of thioether (sulfide) groups is 1. The van der Waals surface area contributed by atoms with E-state index in [1.807, 2.05) is 32.5 Å². The van der Waals surface area contributed by atoms with Crippen LogP contribution in [0.3, 0.4) is 0 Å². The van der Waals surface area contributed by atoms with Crippen molar-refractivity contribution in [1.82, 2.24) is 0 Å². The summed E-state index contributed by atoms with van der Waals surface area (Å²) < 4.78 is 5.42. The van der Waals surface area contributed by atoms with Gasteiger partial charge in [-0.1, -0.05) is 42.9 Å². The van der Waals surface area contributed by atoms with Gasteiger partial charge in [0.05, 0.1) is 12.2 Å². The van der Waals surface area contributed by atoms with E-state index in [1.165, 1.54) is 18.4 Å². The van der Waals surface area contributed by atoms with Crippen molar-refractivity contribution in [3.05, 3.63) is 47.1 Å². The van der Waals surface area contributed by atoms with Crippen LogP contribution in [0.2, 0.25) is 0 Å². The Morgan fingerprint density at radius 3 is 2.79 bits per heavy atom. The number of carbonyl (C=O) groups excluding carboxylic acids is 1. The van der Waals surface area contributed by atoms with E-state index in [9.17, 15) is 15.0 Å². The molecule has 0 spiro atoms. The highest BCUT2D eigenvalue weighted by molar-refractivity contribution is 8.00. The molecular weight excluding hydrogens is 444 g/mol. The Balaban J connectivity index is 1.59. The molecule has 0 unspecified atom stereocenters. The molecule has 0 radical (unpaired) electrons. The maximum absolute atomic E-state index is 12.0. The van der Waals surface area contributed by atoms with Gasteiger partial charge in [0.2, 0.25) is 0 Å². The van der Waals surface area contributed by atoms with E-state index in [0.29, 0.717) is 30.4 Å². The molecule has 0 amide bonds. The first kappa shape index (κ1) is 27.3. The van der Waals surface area contributed by atoms with E-state index in [0.717, 1.165) is 36.2 Å². The average Bonchev–Trinajstić information content (AvgIpc) is 3.09. The monoisotopic (exact) mass is 488 g/mol. The normalized spacial score (nSPS) is 33.1. The Kier molecular flexibility index (Phi) is 8.97. The Bertz CT molecular complexity index is 862. The van der Waals surface area contributed by atoms with Crippen LogP contribution in [-0.4, -0.2) is 45.0 Å². The molecule has 34 heavy (non-hydrogen) atoms. The summed E-state index contributed by atoms with van der Waals surface area (Å²) in [6.07, 6.45) is 12.6. The van der Waals surface area contributed by atoms with Crippen molar-refractivity contribution in [1.29, 1.82) is 0 Å². The lowest BCUT2D eigenvalue weighted by molar-refractivity contribution is -0.154. The van der Waals surface area contributed by atoms with Crippen LogP contribution < -0.4 is 0 Å². The molecule has 0 aliphatic heterocycles. The van der Waals surface area contributed by atoms with Gasteiger partial charge in [-0.2, -0.15) is 11.8 Å². The maximum atomic E-state index is 12.0. The number of aliphatic hydroxyl groups excluding tert-OH is 2. The van der Waals surface area contributed by atoms with Crippen molar-refractivity contribution in [2.75, 3.05) is 5.75 Å². The van der Waals surface area contributed by atoms with Gasteiger partial charge in [-0.05, 0) is 94.5 Å². The number of rotatable bonds is 7. The first-order valence-electron chi connectivity index (χ1n) is 12.9. The summed E-state index contributed by atoms with van der Waals surface area (Å²) in [4.78, 5) is 12.0. The van der Waals surface area contributed by atoms with Crippen molar-refractivity contribution in [2.45, 2.75) is 109 Å². The maximum Gasteiger partial charge on any atom is 0.306 e. The van der Waals surface area contributed by atoms with Crippen LogP contribution >= 0.6 is 11.8 Å². The van der Waals surface area contributed by atoms with Gasteiger partial charge < -0.3 is 14.9 Å². The van der Waals surface area contributed by atoms with E-state index in [2.05, 4.69) is 38.7 Å². The second-order valence-corrected chi connectivity index (χ2v) is 12.9. The minimum absolute atomic E-state index is 0.107. The SMILES string of the molecule is C=C1C(=CC=C2CCC[C@]3(C)C([C@H](C)SCCCC(=O)OC(C)(C)C)=CC[C@@H]23)C[C@@H](O)C[C@@H]1O. The van der Waals surface area contributed by atoms with E-state index >= 15 is 0 Å². The molecule has 3 aliphatic carbocycles. The molecular formula is C29H44O4S. The molecule has 3 aliphatic rings. The summed E-state index contributed by atoms with van der Waals surface area (Å²) in [5, 5.41) is 20.7. The van der Waals surface area contributed by atoms with Crippen LogP contribution in [0.4, 0.5) is 0 Å². The Morgan fingerprint density at radius 1 is 1.35 bits per heavy atom. The van der Waals surface area contributed by atoms with E-state index in [4.69, 9.17) is 4.74 Å². The van der Waals surface area contributed by atoms with Crippen LogP contribution in [0.5, 0.6) is 0 Å². The van der Waals surface area contributed by atoms with Gasteiger partial charge in [-0.3, -0.25) is 4.79 Å². The van der Waals surface area contributed by atoms with E-state index < -0.39 is 17.8 Å². The Morgan fingerprint density at radius 2 is 2.09 bits per heavy atom. The number of fused-ring (bicyclic) bond motifs is 1. The second-order valence-electron chi connectivity index (χ2n) is 11.5. The predicted molar refractivity (Wildman–Crippen MR) is 142 cm³/mol. The Hall–Kier alpha value is -1.30. The highest BCUT2D eigenvalue weighted by atomic mass is 32.2. The van der Waals surface area contributed by atoms with E-state index in [1.54, 1.807) is 5.57 Å². The summed E-state index contributed by atoms with van der Waals surface area (Å²) in [6.45, 7) is 14.5. The summed E-state index contributed by atoms with van der Waals surface area (Å²) >= 11 is 1.95. The van der Waals surface area contributed by atoms with Crippen LogP contribution in [0.1, 0.15) is 86.0 Å². The summed E-state index contributed by atoms with van der Waals surface area (Å²) in [5.41, 5.74) is 4.54. The largest absolute Gasteiger partial charge is 0.460 e. The standard InChI is InChI=1S/C29H44O4S/c1-19-22(17-23(30)18-26(19)31)12-11-21-9-7-15-29(6)24(13-14-25(21)29)20(2)34-16-8-10-27(32)33-28(3,4)5/h11-13,20,23,25-26,30-31H,1,7-10,14-18H2,2-6H3/t20-,23+,25-,26-,29+/m0/s1. The molecule has 0 aromatic heterocycles. The number of allylic oxidation sites excluding steroid dienone is 4. The first-order valence-corrected chi connectivity index (χ1v) is 13.9. The zero-order chi connectivity index (χ0) is 25.1. The summed E-state index contributed by atoms with van der Waals surface area (Å²) in [5.74, 6) is 1.37. The average molecular weight is 489 g/mol. The highest BCUT2D eigenvalue weighted by Gasteiger charge is 2.46. The molecule has 2 fully saturated rings. The van der Waals surface area contributed by atoms with Crippen molar-refractivity contribution >= 4 is 17.7 Å². The second kappa shape index (κ2) is 11.2. The number of aliphatic hydroxyl groups is 2. The fraction of sp³-hybridized carbons (Fsp3) is 0.690. The third-order valence-corrected chi connectivity index (χ3v) is 8.90. The fourth-order valence-electron chi connectivity index (χ4n) is 5.91. The zero-order valence-corrected chi connectivity index (χ0v) is 22.5. The minimum Gasteiger partial charge on any atom is -0.460 e. The predicted octanol–water partition coefficient (Wildman–Crippen LogP) is 6.29. The highest BCUT2D eigenvalue weighted by Crippen LogP contribution is 2.56. The van der Waals surface area contributed by atoms with Crippen LogP contribution in [-0.2, 0) is 9.53 Å². The Labute approximate surface area is 210 Å². The molecule has 0 aromatic rings. The lowest BCUT2D eigenvalue weighted by atomic mass is 9.64. The van der Waals surface area contributed by atoms with Gasteiger partial charge in [0.15, 0.2) is 0 Å². The molecule has 2 saturated carbocycles. The zero-order valence-electron chi connectivity index (χ0n) is 21.7. The third kappa shape index (κ3) is 6.67. The van der Waals surface area contributed by atoms with Crippen molar-refractivity contribution in [2.24, 2.45) is 11.3 Å². The van der Waals surface area contributed by atoms with E-state index in [-0.39, 0.29) is 11.4 Å².